The van der Waals surface area contributed by atoms with Gasteiger partial charge in [-0.1, -0.05) is 0 Å². The predicted molar refractivity (Wildman–Crippen MR) is 72.8 cm³/mol. The van der Waals surface area contributed by atoms with E-state index in [1.165, 1.54) is 0 Å². The smallest absolute Gasteiger partial charge is 0.319 e. The lowest BCUT2D eigenvalue weighted by atomic mass is 10.1. The van der Waals surface area contributed by atoms with Gasteiger partial charge in [0.05, 0.1) is 12.8 Å². The number of carbonyl (C=O) groups is 3. The second-order valence-corrected chi connectivity index (χ2v) is 4.50. The first kappa shape index (κ1) is 13.9. The molecule has 7 nitrogen and oxygen atoms in total. The summed E-state index contributed by atoms with van der Waals surface area (Å²) in [7, 11) is 1.71. The number of nitrogens with one attached hydrogen (secondary N) is 2. The summed E-state index contributed by atoms with van der Waals surface area (Å²) in [5.74, 6) is -0.951. The maximum atomic E-state index is 11.5. The minimum absolute atomic E-state index is 0.0167. The van der Waals surface area contributed by atoms with E-state index in [-0.39, 0.29) is 18.9 Å². The van der Waals surface area contributed by atoms with Crippen LogP contribution in [-0.2, 0) is 16.0 Å². The van der Waals surface area contributed by atoms with Crippen LogP contribution in [0.3, 0.4) is 0 Å². The number of benzene rings is 1. The molecular weight excluding hydrogens is 262 g/mol. The van der Waals surface area contributed by atoms with Crippen molar-refractivity contribution in [2.24, 2.45) is 0 Å². The SMILES string of the molecule is CN1C(=O)Cc2cc(NC(=O)NCCC(=O)O)ccc21. The van der Waals surface area contributed by atoms with Crippen LogP contribution < -0.4 is 15.5 Å². The highest BCUT2D eigenvalue weighted by molar-refractivity contribution is 6.01. The summed E-state index contributed by atoms with van der Waals surface area (Å²) in [5, 5.41) is 13.5. The van der Waals surface area contributed by atoms with Gasteiger partial charge >= 0.3 is 12.0 Å². The maximum absolute atomic E-state index is 11.5. The van der Waals surface area contributed by atoms with Crippen molar-refractivity contribution in [3.05, 3.63) is 23.8 Å². The molecule has 1 aromatic rings. The molecule has 0 aliphatic carbocycles. The van der Waals surface area contributed by atoms with Gasteiger partial charge in [0, 0.05) is 25.0 Å². The number of amides is 3. The summed E-state index contributed by atoms with van der Waals surface area (Å²) < 4.78 is 0. The topological polar surface area (TPSA) is 98.7 Å². The quantitative estimate of drug-likeness (QED) is 0.758. The van der Waals surface area contributed by atoms with Crippen LogP contribution in [-0.4, -0.2) is 36.6 Å². The third-order valence-corrected chi connectivity index (χ3v) is 3.04. The minimum Gasteiger partial charge on any atom is -0.481 e. The molecule has 0 saturated heterocycles. The van der Waals surface area contributed by atoms with Crippen LogP contribution >= 0.6 is 0 Å². The molecule has 0 atom stereocenters. The number of hydrogen-bond acceptors (Lipinski definition) is 3. The number of aliphatic carboxylic acids is 1. The summed E-state index contributed by atoms with van der Waals surface area (Å²) in [4.78, 5) is 35.0. The number of urea groups is 1. The van der Waals surface area contributed by atoms with E-state index in [0.717, 1.165) is 11.3 Å². The van der Waals surface area contributed by atoms with Gasteiger partial charge < -0.3 is 20.6 Å². The Morgan fingerprint density at radius 2 is 2.15 bits per heavy atom. The predicted octanol–water partition coefficient (Wildman–Crippen LogP) is 0.802. The maximum Gasteiger partial charge on any atom is 0.319 e. The van der Waals surface area contributed by atoms with E-state index in [0.29, 0.717) is 12.1 Å². The van der Waals surface area contributed by atoms with Gasteiger partial charge in [0.25, 0.3) is 0 Å². The molecule has 3 N–H and O–H groups in total. The molecule has 7 heteroatoms. The standard InChI is InChI=1S/C13H15N3O4/c1-16-10-3-2-9(6-8(10)7-11(16)17)15-13(20)14-5-4-12(18)19/h2-3,6H,4-5,7H2,1H3,(H,18,19)(H2,14,15,20). The van der Waals surface area contributed by atoms with Crippen molar-refractivity contribution in [2.45, 2.75) is 12.8 Å². The Morgan fingerprint density at radius 1 is 1.40 bits per heavy atom. The van der Waals surface area contributed by atoms with Crippen LogP contribution in [0.4, 0.5) is 16.2 Å². The zero-order valence-corrected chi connectivity index (χ0v) is 11.0. The van der Waals surface area contributed by atoms with Crippen molar-refractivity contribution >= 4 is 29.3 Å². The lowest BCUT2D eigenvalue weighted by molar-refractivity contribution is -0.136. The molecule has 20 heavy (non-hydrogen) atoms. The molecule has 1 aliphatic rings. The second kappa shape index (κ2) is 5.60. The van der Waals surface area contributed by atoms with Crippen LogP contribution in [0.1, 0.15) is 12.0 Å². The van der Waals surface area contributed by atoms with Crippen LogP contribution in [0.5, 0.6) is 0 Å². The molecule has 1 aliphatic heterocycles. The van der Waals surface area contributed by atoms with Gasteiger partial charge in [-0.05, 0) is 23.8 Å². The Morgan fingerprint density at radius 3 is 2.85 bits per heavy atom. The molecule has 2 rings (SSSR count). The van der Waals surface area contributed by atoms with Crippen molar-refractivity contribution in [3.8, 4) is 0 Å². The average Bonchev–Trinajstić information content (AvgIpc) is 2.64. The monoisotopic (exact) mass is 277 g/mol. The lowest BCUT2D eigenvalue weighted by Crippen LogP contribution is -2.30. The number of rotatable bonds is 4. The first-order chi connectivity index (χ1) is 9.47. The highest BCUT2D eigenvalue weighted by atomic mass is 16.4. The van der Waals surface area contributed by atoms with Gasteiger partial charge in [0.2, 0.25) is 5.91 Å². The van der Waals surface area contributed by atoms with E-state index in [4.69, 9.17) is 5.11 Å². The van der Waals surface area contributed by atoms with Crippen molar-refractivity contribution in [1.82, 2.24) is 5.32 Å². The van der Waals surface area contributed by atoms with Gasteiger partial charge in [-0.25, -0.2) is 4.79 Å². The van der Waals surface area contributed by atoms with Crippen LogP contribution in [0.25, 0.3) is 0 Å². The molecule has 0 unspecified atom stereocenters. The summed E-state index contributed by atoms with van der Waals surface area (Å²) in [5.41, 5.74) is 2.27. The van der Waals surface area contributed by atoms with Crippen LogP contribution in [0.2, 0.25) is 0 Å². The number of carbonyl (C=O) groups excluding carboxylic acids is 2. The summed E-state index contributed by atoms with van der Waals surface area (Å²) in [6.45, 7) is 0.0628. The average molecular weight is 277 g/mol. The first-order valence-corrected chi connectivity index (χ1v) is 6.13. The first-order valence-electron chi connectivity index (χ1n) is 6.13. The van der Waals surface area contributed by atoms with E-state index in [1.54, 1.807) is 30.1 Å². The summed E-state index contributed by atoms with van der Waals surface area (Å²) in [6, 6.07) is 4.74. The molecule has 1 aromatic carbocycles. The van der Waals surface area contributed by atoms with Crippen molar-refractivity contribution in [3.63, 3.8) is 0 Å². The number of fused-ring (bicyclic) bond motifs is 1. The van der Waals surface area contributed by atoms with Gasteiger partial charge in [-0.15, -0.1) is 0 Å². The van der Waals surface area contributed by atoms with E-state index in [1.807, 2.05) is 0 Å². The molecule has 106 valence electrons. The molecule has 0 spiro atoms. The lowest BCUT2D eigenvalue weighted by Gasteiger charge is -2.11. The Bertz CT molecular complexity index is 571. The Balaban J connectivity index is 1.95. The molecule has 3 amide bonds. The van der Waals surface area contributed by atoms with Gasteiger partial charge in [-0.2, -0.15) is 0 Å². The van der Waals surface area contributed by atoms with Crippen LogP contribution in [0.15, 0.2) is 18.2 Å². The Kier molecular flexibility index (Phi) is 3.88. The molecule has 0 bridgehead atoms. The fourth-order valence-corrected chi connectivity index (χ4v) is 2.01. The molecule has 0 aromatic heterocycles. The third-order valence-electron chi connectivity index (χ3n) is 3.04. The zero-order chi connectivity index (χ0) is 14.7. The van der Waals surface area contributed by atoms with Gasteiger partial charge in [0.15, 0.2) is 0 Å². The molecule has 0 radical (unpaired) electrons. The third kappa shape index (κ3) is 3.05. The van der Waals surface area contributed by atoms with Gasteiger partial charge in [0.1, 0.15) is 0 Å². The van der Waals surface area contributed by atoms with E-state index >= 15 is 0 Å². The van der Waals surface area contributed by atoms with E-state index in [2.05, 4.69) is 10.6 Å². The zero-order valence-electron chi connectivity index (χ0n) is 11.0. The van der Waals surface area contributed by atoms with Crippen LogP contribution in [0, 0.1) is 0 Å². The number of carboxylic acids is 1. The largest absolute Gasteiger partial charge is 0.481 e. The summed E-state index contributed by atoms with van der Waals surface area (Å²) in [6.07, 6.45) is 0.193. The highest BCUT2D eigenvalue weighted by Gasteiger charge is 2.23. The fraction of sp³-hybridized carbons (Fsp3) is 0.308. The fourth-order valence-electron chi connectivity index (χ4n) is 2.01. The second-order valence-electron chi connectivity index (χ2n) is 4.50. The Hall–Kier alpha value is -2.57. The number of anilines is 2. The van der Waals surface area contributed by atoms with E-state index < -0.39 is 12.0 Å². The number of likely N-dealkylation sites (N-methyl/N-ethyl adjacent to an activating group) is 1. The Labute approximate surface area is 115 Å². The highest BCUT2D eigenvalue weighted by Crippen LogP contribution is 2.29. The molecule has 0 saturated carbocycles. The molecule has 1 heterocycles. The summed E-state index contributed by atoms with van der Waals surface area (Å²) >= 11 is 0. The minimum atomic E-state index is -0.968. The molecule has 0 fully saturated rings. The van der Waals surface area contributed by atoms with Crippen molar-refractivity contribution in [2.75, 3.05) is 23.8 Å². The normalized spacial score (nSPS) is 13.1. The van der Waals surface area contributed by atoms with E-state index in [9.17, 15) is 14.4 Å². The number of nitrogens with zero attached hydrogens (tertiary/aromatic N) is 1. The van der Waals surface area contributed by atoms with Crippen molar-refractivity contribution < 1.29 is 19.5 Å². The number of hydrogen-bond donors (Lipinski definition) is 3. The van der Waals surface area contributed by atoms with Gasteiger partial charge in [-0.3, -0.25) is 9.59 Å². The number of carboxylic acid groups (broad SMARTS) is 1. The molecular formula is C13H15N3O4. The van der Waals surface area contributed by atoms with Crippen molar-refractivity contribution in [1.29, 1.82) is 0 Å².